The first kappa shape index (κ1) is 18.9. The van der Waals surface area contributed by atoms with E-state index in [1.165, 1.54) is 64.0 Å². The molecule has 1 heterocycles. The summed E-state index contributed by atoms with van der Waals surface area (Å²) in [6.07, 6.45) is 14.7. The van der Waals surface area contributed by atoms with Crippen molar-refractivity contribution in [2.24, 2.45) is 0 Å². The van der Waals surface area contributed by atoms with Gasteiger partial charge in [0.2, 0.25) is 0 Å². The molecule has 0 unspecified atom stereocenters. The van der Waals surface area contributed by atoms with Gasteiger partial charge in [0.05, 0.1) is 0 Å². The molecule has 118 valence electrons. The van der Waals surface area contributed by atoms with Gasteiger partial charge in [-0.2, -0.15) is 0 Å². The van der Waals surface area contributed by atoms with Crippen LogP contribution in [0.25, 0.3) is 0 Å². The summed E-state index contributed by atoms with van der Waals surface area (Å²) in [5, 5.41) is 0. The van der Waals surface area contributed by atoms with E-state index in [2.05, 4.69) is 25.8 Å². The van der Waals surface area contributed by atoms with Crippen LogP contribution in [0.1, 0.15) is 78.6 Å². The Bertz CT molecular complexity index is 373. The Morgan fingerprint density at radius 1 is 1.00 bits per heavy atom. The van der Waals surface area contributed by atoms with E-state index in [4.69, 9.17) is 0 Å². The molecule has 2 radical (unpaired) electrons. The second-order valence-electron chi connectivity index (χ2n) is 6.07. The van der Waals surface area contributed by atoms with Crippen LogP contribution in [0.2, 0.25) is 3.43 Å². The summed E-state index contributed by atoms with van der Waals surface area (Å²) in [5.41, 5.74) is 0. The van der Waals surface area contributed by atoms with E-state index in [0.29, 0.717) is 3.43 Å². The zero-order valence-electron chi connectivity index (χ0n) is 13.9. The number of halogens is 1. The molecule has 0 aliphatic carbocycles. The number of aromatic nitrogens is 1. The third-order valence-corrected chi connectivity index (χ3v) is 9.78. The predicted molar refractivity (Wildman–Crippen MR) is 90.9 cm³/mol. The van der Waals surface area contributed by atoms with Gasteiger partial charge in [-0.05, 0) is 0 Å². The molecule has 1 nitrogen and oxygen atoms in total. The molecule has 0 atom stereocenters. The SMILES string of the molecule is CCCC[C](CCCC)(CCCC)[Sn][c]1ccncc1F. The Morgan fingerprint density at radius 2 is 1.52 bits per heavy atom. The molecule has 0 saturated carbocycles. The normalized spacial score (nSPS) is 11.8. The third kappa shape index (κ3) is 6.66. The van der Waals surface area contributed by atoms with Gasteiger partial charge in [-0.1, -0.05) is 0 Å². The molecule has 0 aliphatic heterocycles. The van der Waals surface area contributed by atoms with Crippen LogP contribution in [0.15, 0.2) is 18.5 Å². The summed E-state index contributed by atoms with van der Waals surface area (Å²) in [6, 6.07) is 1.94. The fourth-order valence-corrected chi connectivity index (χ4v) is 8.06. The monoisotopic (exact) mass is 399 g/mol. The fraction of sp³-hybridized carbons (Fsp3) is 0.722. The molecule has 21 heavy (non-hydrogen) atoms. The molecule has 0 spiro atoms. The topological polar surface area (TPSA) is 12.9 Å². The minimum absolute atomic E-state index is 0.0574. The average Bonchev–Trinajstić information content (AvgIpc) is 2.51. The molecular weight excluding hydrogens is 368 g/mol. The number of rotatable bonds is 11. The molecule has 0 aliphatic rings. The van der Waals surface area contributed by atoms with Crippen LogP contribution < -0.4 is 3.58 Å². The van der Waals surface area contributed by atoms with Crippen LogP contribution in [-0.2, 0) is 0 Å². The van der Waals surface area contributed by atoms with E-state index in [-0.39, 0.29) is 5.82 Å². The van der Waals surface area contributed by atoms with Crippen LogP contribution in [0, 0.1) is 5.82 Å². The van der Waals surface area contributed by atoms with Crippen molar-refractivity contribution in [3.63, 3.8) is 0 Å². The van der Waals surface area contributed by atoms with E-state index >= 15 is 0 Å². The maximum absolute atomic E-state index is 14.1. The second-order valence-corrected chi connectivity index (χ2v) is 11.3. The first-order valence-corrected chi connectivity index (χ1v) is 11.4. The van der Waals surface area contributed by atoms with Crippen molar-refractivity contribution >= 4 is 24.7 Å². The Labute approximate surface area is 140 Å². The number of nitrogens with zero attached hydrogens (tertiary/aromatic N) is 1. The van der Waals surface area contributed by atoms with Crippen LogP contribution in [0.5, 0.6) is 0 Å². The van der Waals surface area contributed by atoms with E-state index < -0.39 is 21.1 Å². The molecule has 3 heteroatoms. The summed E-state index contributed by atoms with van der Waals surface area (Å²) in [7, 11) is 0. The van der Waals surface area contributed by atoms with Gasteiger partial charge in [0.25, 0.3) is 0 Å². The zero-order valence-corrected chi connectivity index (χ0v) is 16.8. The van der Waals surface area contributed by atoms with Crippen LogP contribution in [0.3, 0.4) is 0 Å². The standard InChI is InChI=1S/C13H27.C5H3FN.Sn/c1-4-7-10-13(11-8-5-2)12-9-6-3;6-5-2-1-3-7-4-5;/h4-12H2,1-3H3;1,3-4H;. The van der Waals surface area contributed by atoms with Gasteiger partial charge >= 0.3 is 140 Å². The Morgan fingerprint density at radius 3 is 1.95 bits per heavy atom. The number of hydrogen-bond donors (Lipinski definition) is 0. The van der Waals surface area contributed by atoms with E-state index in [0.717, 1.165) is 3.58 Å². The van der Waals surface area contributed by atoms with Crippen molar-refractivity contribution in [3.05, 3.63) is 24.3 Å². The molecular formula is C18H30FNSn. The van der Waals surface area contributed by atoms with Crippen molar-refractivity contribution in [1.29, 1.82) is 0 Å². The molecule has 1 aromatic rings. The predicted octanol–water partition coefficient (Wildman–Crippen LogP) is 5.28. The summed E-state index contributed by atoms with van der Waals surface area (Å²) in [6.45, 7) is 6.80. The minimum atomic E-state index is -0.942. The molecule has 0 bridgehead atoms. The number of hydrogen-bond acceptors (Lipinski definition) is 1. The number of unbranched alkanes of at least 4 members (excludes halogenated alkanes) is 3. The van der Waals surface area contributed by atoms with Gasteiger partial charge in [-0.3, -0.25) is 0 Å². The fourth-order valence-electron chi connectivity index (χ4n) is 2.87. The molecule has 0 amide bonds. The van der Waals surface area contributed by atoms with Gasteiger partial charge in [0.1, 0.15) is 0 Å². The van der Waals surface area contributed by atoms with Crippen molar-refractivity contribution < 1.29 is 4.39 Å². The van der Waals surface area contributed by atoms with Gasteiger partial charge < -0.3 is 0 Å². The van der Waals surface area contributed by atoms with Crippen LogP contribution >= 0.6 is 0 Å². The number of pyridine rings is 1. The summed E-state index contributed by atoms with van der Waals surface area (Å²) in [5.74, 6) is -0.0574. The van der Waals surface area contributed by atoms with Crippen molar-refractivity contribution in [3.8, 4) is 0 Å². The van der Waals surface area contributed by atoms with Crippen LogP contribution in [0.4, 0.5) is 4.39 Å². The van der Waals surface area contributed by atoms with Crippen molar-refractivity contribution in [2.45, 2.75) is 82.0 Å². The third-order valence-electron chi connectivity index (χ3n) is 4.20. The average molecular weight is 398 g/mol. The van der Waals surface area contributed by atoms with Crippen molar-refractivity contribution in [1.82, 2.24) is 4.98 Å². The van der Waals surface area contributed by atoms with Crippen LogP contribution in [-0.4, -0.2) is 26.1 Å². The Kier molecular flexibility index (Phi) is 9.53. The summed E-state index contributed by atoms with van der Waals surface area (Å²) in [4.78, 5) is 3.91. The Balaban J connectivity index is 2.92. The second kappa shape index (κ2) is 10.6. The maximum atomic E-state index is 14.1. The first-order valence-electron chi connectivity index (χ1n) is 8.55. The zero-order chi connectivity index (χ0) is 15.6. The Hall–Kier alpha value is -0.121. The first-order chi connectivity index (χ1) is 10.2. The van der Waals surface area contributed by atoms with Crippen molar-refractivity contribution in [2.75, 3.05) is 0 Å². The van der Waals surface area contributed by atoms with Gasteiger partial charge in [-0.15, -0.1) is 0 Å². The molecule has 1 aromatic heterocycles. The molecule has 1 rings (SSSR count). The van der Waals surface area contributed by atoms with Gasteiger partial charge in [0, 0.05) is 0 Å². The van der Waals surface area contributed by atoms with E-state index in [1.807, 2.05) is 6.07 Å². The quantitative estimate of drug-likeness (QED) is 0.463. The van der Waals surface area contributed by atoms with Gasteiger partial charge in [-0.25, -0.2) is 0 Å². The van der Waals surface area contributed by atoms with E-state index in [9.17, 15) is 4.39 Å². The molecule has 0 N–H and O–H groups in total. The molecule has 0 saturated heterocycles. The molecule has 0 aromatic carbocycles. The summed E-state index contributed by atoms with van der Waals surface area (Å²) >= 11 is -0.942. The van der Waals surface area contributed by atoms with Gasteiger partial charge in [0.15, 0.2) is 0 Å². The van der Waals surface area contributed by atoms with E-state index in [1.54, 1.807) is 6.20 Å². The summed E-state index contributed by atoms with van der Waals surface area (Å²) < 4.78 is 15.5. The molecule has 0 fully saturated rings.